The number of carboxylic acids is 1. The maximum Gasteiger partial charge on any atom is 0.408 e. The lowest BCUT2D eigenvalue weighted by Gasteiger charge is -2.16. The maximum atomic E-state index is 12.4. The fraction of sp³-hybridized carbons (Fsp3) is 0.238. The minimum absolute atomic E-state index is 0.0462. The Morgan fingerprint density at radius 3 is 2.42 bits per heavy atom. The maximum absolute atomic E-state index is 12.4. The summed E-state index contributed by atoms with van der Waals surface area (Å²) in [6, 6.07) is 11.2. The summed E-state index contributed by atoms with van der Waals surface area (Å²) in [5.74, 6) is -2.53. The van der Waals surface area contributed by atoms with Crippen LogP contribution in [-0.4, -0.2) is 53.0 Å². The zero-order valence-electron chi connectivity index (χ0n) is 17.7. The Bertz CT molecular complexity index is 1010. The van der Waals surface area contributed by atoms with E-state index in [-0.39, 0.29) is 23.9 Å². The van der Waals surface area contributed by atoms with Gasteiger partial charge >= 0.3 is 12.1 Å². The van der Waals surface area contributed by atoms with Crippen molar-refractivity contribution in [2.24, 2.45) is 16.5 Å². The predicted molar refractivity (Wildman–Crippen MR) is 118 cm³/mol. The number of carbonyl (C=O) groups is 3. The molecule has 2 atom stereocenters. The summed E-state index contributed by atoms with van der Waals surface area (Å²) in [4.78, 5) is 39.5. The summed E-state index contributed by atoms with van der Waals surface area (Å²) in [6.07, 6.45) is -1.68. The van der Waals surface area contributed by atoms with Crippen molar-refractivity contribution < 1.29 is 34.1 Å². The Labute approximate surface area is 189 Å². The van der Waals surface area contributed by atoms with E-state index in [0.29, 0.717) is 0 Å². The van der Waals surface area contributed by atoms with E-state index >= 15 is 0 Å². The van der Waals surface area contributed by atoms with Gasteiger partial charge in [0, 0.05) is 12.6 Å². The number of phenols is 1. The fourth-order valence-corrected chi connectivity index (χ4v) is 2.61. The van der Waals surface area contributed by atoms with Crippen LogP contribution >= 0.6 is 0 Å². The number of guanidine groups is 1. The molecular formula is C21H25N5O7. The molecule has 0 saturated heterocycles. The van der Waals surface area contributed by atoms with E-state index in [9.17, 15) is 24.6 Å². The van der Waals surface area contributed by atoms with Crippen LogP contribution < -0.4 is 26.8 Å². The number of alkyl carbamates (subject to hydrolysis) is 1. The molecule has 12 heteroatoms. The second kappa shape index (κ2) is 11.8. The van der Waals surface area contributed by atoms with Crippen LogP contribution in [0.25, 0.3) is 0 Å². The number of hydrogen-bond acceptors (Lipinski definition) is 7. The number of rotatable bonds is 10. The second-order valence-corrected chi connectivity index (χ2v) is 6.76. The van der Waals surface area contributed by atoms with E-state index in [2.05, 4.69) is 15.6 Å². The van der Waals surface area contributed by atoms with Crippen LogP contribution in [0.2, 0.25) is 0 Å². The second-order valence-electron chi connectivity index (χ2n) is 6.76. The summed E-state index contributed by atoms with van der Waals surface area (Å²) in [5.41, 5.74) is 11.1. The van der Waals surface area contributed by atoms with Gasteiger partial charge in [-0.15, -0.1) is 0 Å². The number of aliphatic imine (C=N–C) groups is 1. The van der Waals surface area contributed by atoms with Crippen LogP contribution in [0.1, 0.15) is 22.8 Å². The number of nitrogens with two attached hydrogens (primary N) is 2. The molecule has 0 heterocycles. The van der Waals surface area contributed by atoms with Gasteiger partial charge in [-0.1, -0.05) is 30.3 Å². The smallest absolute Gasteiger partial charge is 0.408 e. The third-order valence-electron chi connectivity index (χ3n) is 4.12. The van der Waals surface area contributed by atoms with Crippen molar-refractivity contribution in [3.63, 3.8) is 0 Å². The number of aromatic hydroxyl groups is 1. The Kier molecular flexibility index (Phi) is 8.85. The van der Waals surface area contributed by atoms with E-state index < -0.39 is 42.5 Å². The zero-order chi connectivity index (χ0) is 24.4. The lowest BCUT2D eigenvalue weighted by atomic mass is 10.1. The summed E-state index contributed by atoms with van der Waals surface area (Å²) in [5, 5.41) is 23.9. The molecule has 2 aromatic carbocycles. The molecule has 0 saturated carbocycles. The molecule has 0 aromatic heterocycles. The van der Waals surface area contributed by atoms with Crippen molar-refractivity contribution in [1.29, 1.82) is 0 Å². The first-order chi connectivity index (χ1) is 15.7. The molecule has 2 unspecified atom stereocenters. The predicted octanol–water partition coefficient (Wildman–Crippen LogP) is 0.500. The zero-order valence-corrected chi connectivity index (χ0v) is 17.7. The number of nitrogens with one attached hydrogen (secondary N) is 2. The normalized spacial score (nSPS) is 12.0. The molecule has 0 fully saturated rings. The van der Waals surface area contributed by atoms with E-state index in [1.807, 2.05) is 0 Å². The summed E-state index contributed by atoms with van der Waals surface area (Å²) >= 11 is 0. The third kappa shape index (κ3) is 8.28. The molecule has 0 radical (unpaired) electrons. The summed E-state index contributed by atoms with van der Waals surface area (Å²) < 4.78 is 10.4. The largest absolute Gasteiger partial charge is 0.507 e. The molecule has 33 heavy (non-hydrogen) atoms. The van der Waals surface area contributed by atoms with Crippen molar-refractivity contribution in [3.8, 4) is 11.5 Å². The van der Waals surface area contributed by atoms with Gasteiger partial charge in [-0.3, -0.25) is 4.79 Å². The van der Waals surface area contributed by atoms with E-state index in [0.717, 1.165) is 5.56 Å². The van der Waals surface area contributed by atoms with Gasteiger partial charge in [-0.25, -0.2) is 14.6 Å². The fourth-order valence-electron chi connectivity index (χ4n) is 2.61. The molecule has 0 bridgehead atoms. The number of nitrogens with zero attached hydrogens (tertiary/aromatic N) is 1. The number of amides is 2. The number of phenolic OH excluding ortho intramolecular Hbond substituents is 1. The molecule has 2 amide bonds. The SMILES string of the molecule is CC(N=C(N)N)Oc1ccc(C(=O)NCC(NC(=O)OCc2ccccc2)C(=O)O)c(O)c1. The van der Waals surface area contributed by atoms with E-state index in [4.69, 9.17) is 20.9 Å². The number of carbonyl (C=O) groups excluding carboxylic acids is 2. The van der Waals surface area contributed by atoms with Crippen LogP contribution in [0.15, 0.2) is 53.5 Å². The summed E-state index contributed by atoms with van der Waals surface area (Å²) in [6.45, 7) is 1.07. The lowest BCUT2D eigenvalue weighted by molar-refractivity contribution is -0.139. The number of benzene rings is 2. The lowest BCUT2D eigenvalue weighted by Crippen LogP contribution is -2.48. The van der Waals surface area contributed by atoms with Gasteiger partial charge in [-0.05, 0) is 24.6 Å². The van der Waals surface area contributed by atoms with Gasteiger partial charge < -0.3 is 41.8 Å². The topological polar surface area (TPSA) is 199 Å². The number of hydrogen-bond donors (Lipinski definition) is 6. The first-order valence-corrected chi connectivity index (χ1v) is 9.72. The van der Waals surface area contributed by atoms with Crippen molar-refractivity contribution in [3.05, 3.63) is 59.7 Å². The Hall–Kier alpha value is -4.48. The molecule has 0 spiro atoms. The Morgan fingerprint density at radius 2 is 1.82 bits per heavy atom. The highest BCUT2D eigenvalue weighted by Crippen LogP contribution is 2.24. The minimum atomic E-state index is -1.46. The van der Waals surface area contributed by atoms with Crippen LogP contribution in [0.5, 0.6) is 11.5 Å². The molecule has 0 aliphatic heterocycles. The molecular weight excluding hydrogens is 434 g/mol. The molecule has 2 aromatic rings. The van der Waals surface area contributed by atoms with Gasteiger partial charge in [0.25, 0.3) is 5.91 Å². The number of aliphatic carboxylic acids is 1. The van der Waals surface area contributed by atoms with Gasteiger partial charge in [0.2, 0.25) is 0 Å². The van der Waals surface area contributed by atoms with E-state index in [1.165, 1.54) is 18.2 Å². The first kappa shape index (κ1) is 24.8. The highest BCUT2D eigenvalue weighted by Gasteiger charge is 2.22. The standard InChI is InChI=1S/C21H25N5O7/c1-12(25-20(22)23)33-14-7-8-15(17(27)9-14)18(28)24-10-16(19(29)30)26-21(31)32-11-13-5-3-2-4-6-13/h2-9,12,16,27H,10-11H2,1H3,(H,24,28)(H,26,31)(H,29,30)(H4,22,23,25). The highest BCUT2D eigenvalue weighted by atomic mass is 16.5. The number of ether oxygens (including phenoxy) is 2. The van der Waals surface area contributed by atoms with Crippen LogP contribution in [-0.2, 0) is 16.1 Å². The Morgan fingerprint density at radius 1 is 1.12 bits per heavy atom. The molecule has 12 nitrogen and oxygen atoms in total. The average Bonchev–Trinajstić information content (AvgIpc) is 2.75. The van der Waals surface area contributed by atoms with Crippen molar-refractivity contribution >= 4 is 23.9 Å². The average molecular weight is 459 g/mol. The van der Waals surface area contributed by atoms with Crippen molar-refractivity contribution in [1.82, 2.24) is 10.6 Å². The van der Waals surface area contributed by atoms with Crippen LogP contribution in [0, 0.1) is 0 Å². The van der Waals surface area contributed by atoms with Crippen molar-refractivity contribution in [2.45, 2.75) is 25.8 Å². The van der Waals surface area contributed by atoms with Gasteiger partial charge in [0.15, 0.2) is 12.2 Å². The van der Waals surface area contributed by atoms with Gasteiger partial charge in [0.1, 0.15) is 24.1 Å². The molecule has 176 valence electrons. The van der Waals surface area contributed by atoms with Crippen molar-refractivity contribution in [2.75, 3.05) is 6.54 Å². The monoisotopic (exact) mass is 459 g/mol. The van der Waals surface area contributed by atoms with Crippen LogP contribution in [0.4, 0.5) is 4.79 Å². The summed E-state index contributed by atoms with van der Waals surface area (Å²) in [7, 11) is 0. The first-order valence-electron chi connectivity index (χ1n) is 9.72. The quantitative estimate of drug-likeness (QED) is 0.216. The molecule has 0 aliphatic rings. The molecule has 8 N–H and O–H groups in total. The molecule has 2 rings (SSSR count). The minimum Gasteiger partial charge on any atom is -0.507 e. The molecule has 0 aliphatic carbocycles. The Balaban J connectivity index is 1.91. The highest BCUT2D eigenvalue weighted by molar-refractivity contribution is 5.97. The van der Waals surface area contributed by atoms with E-state index in [1.54, 1.807) is 37.3 Å². The third-order valence-corrected chi connectivity index (χ3v) is 4.12. The van der Waals surface area contributed by atoms with Crippen LogP contribution in [0.3, 0.4) is 0 Å². The number of carboxylic acid groups (broad SMARTS) is 1. The van der Waals surface area contributed by atoms with Gasteiger partial charge in [-0.2, -0.15) is 0 Å². The van der Waals surface area contributed by atoms with Gasteiger partial charge in [0.05, 0.1) is 5.56 Å².